The summed E-state index contributed by atoms with van der Waals surface area (Å²) in [6, 6.07) is 7.42. The lowest BCUT2D eigenvalue weighted by atomic mass is 10.2. The van der Waals surface area contributed by atoms with Crippen molar-refractivity contribution >= 4 is 23.3 Å². The van der Waals surface area contributed by atoms with Crippen LogP contribution in [0.15, 0.2) is 36.7 Å². The number of hydrogen-bond acceptors (Lipinski definition) is 4. The molecule has 1 aromatic carbocycles. The Labute approximate surface area is 134 Å². The van der Waals surface area contributed by atoms with Gasteiger partial charge in [-0.25, -0.2) is 9.97 Å². The van der Waals surface area contributed by atoms with Crippen molar-refractivity contribution in [3.63, 3.8) is 0 Å². The quantitative estimate of drug-likeness (QED) is 0.942. The third-order valence-electron chi connectivity index (χ3n) is 3.70. The number of nitrogens with one attached hydrogen (secondary N) is 1. The number of aromatic nitrogens is 2. The van der Waals surface area contributed by atoms with E-state index in [0.29, 0.717) is 17.3 Å². The third-order valence-corrected chi connectivity index (χ3v) is 4.07. The fourth-order valence-corrected chi connectivity index (χ4v) is 2.66. The number of amides is 1. The van der Waals surface area contributed by atoms with E-state index in [2.05, 4.69) is 20.2 Å². The van der Waals surface area contributed by atoms with Crippen LogP contribution in [0.5, 0.6) is 0 Å². The van der Waals surface area contributed by atoms with Gasteiger partial charge >= 0.3 is 0 Å². The standard InChI is InChI=1S/C16H17ClN4O/c17-13-6-2-1-5-12(13)9-20-16(22)14-10-19-15(11-18-14)21-7-3-4-8-21/h1-2,5-6,10-11H,3-4,7-9H2,(H,20,22). The number of carbonyl (C=O) groups is 1. The zero-order valence-electron chi connectivity index (χ0n) is 12.1. The summed E-state index contributed by atoms with van der Waals surface area (Å²) in [6.07, 6.45) is 5.55. The topological polar surface area (TPSA) is 58.1 Å². The molecule has 2 aromatic rings. The van der Waals surface area contributed by atoms with E-state index in [1.165, 1.54) is 19.0 Å². The SMILES string of the molecule is O=C(NCc1ccccc1Cl)c1cnc(N2CCCC2)cn1. The molecule has 1 aliphatic heterocycles. The Morgan fingerprint density at radius 3 is 2.64 bits per heavy atom. The average molecular weight is 317 g/mol. The van der Waals surface area contributed by atoms with E-state index < -0.39 is 0 Å². The summed E-state index contributed by atoms with van der Waals surface area (Å²) in [5, 5.41) is 3.44. The Hall–Kier alpha value is -2.14. The lowest BCUT2D eigenvalue weighted by molar-refractivity contribution is 0.0945. The molecule has 1 saturated heterocycles. The van der Waals surface area contributed by atoms with Crippen LogP contribution in [-0.2, 0) is 6.54 Å². The van der Waals surface area contributed by atoms with Crippen LogP contribution in [0.1, 0.15) is 28.9 Å². The van der Waals surface area contributed by atoms with E-state index >= 15 is 0 Å². The first-order valence-electron chi connectivity index (χ1n) is 7.32. The van der Waals surface area contributed by atoms with Crippen molar-refractivity contribution in [2.24, 2.45) is 0 Å². The van der Waals surface area contributed by atoms with Gasteiger partial charge in [-0.3, -0.25) is 4.79 Å². The normalized spacial score (nSPS) is 14.1. The van der Waals surface area contributed by atoms with Crippen LogP contribution < -0.4 is 10.2 Å². The summed E-state index contributed by atoms with van der Waals surface area (Å²) in [7, 11) is 0. The summed E-state index contributed by atoms with van der Waals surface area (Å²) in [4.78, 5) is 22.8. The van der Waals surface area contributed by atoms with Gasteiger partial charge in [0.2, 0.25) is 0 Å². The second kappa shape index (κ2) is 6.75. The molecule has 1 aliphatic rings. The van der Waals surface area contributed by atoms with Crippen LogP contribution in [-0.4, -0.2) is 29.0 Å². The Bertz CT molecular complexity index is 653. The fourth-order valence-electron chi connectivity index (χ4n) is 2.46. The van der Waals surface area contributed by atoms with Crippen molar-refractivity contribution in [2.75, 3.05) is 18.0 Å². The molecule has 0 bridgehead atoms. The van der Waals surface area contributed by atoms with Gasteiger partial charge in [-0.2, -0.15) is 0 Å². The zero-order valence-corrected chi connectivity index (χ0v) is 12.9. The van der Waals surface area contributed by atoms with E-state index in [1.54, 1.807) is 12.3 Å². The second-order valence-corrected chi connectivity index (χ2v) is 5.64. The zero-order chi connectivity index (χ0) is 15.4. The van der Waals surface area contributed by atoms with Crippen LogP contribution in [0.25, 0.3) is 0 Å². The molecule has 0 saturated carbocycles. The summed E-state index contributed by atoms with van der Waals surface area (Å²) >= 11 is 6.06. The number of carbonyl (C=O) groups excluding carboxylic acids is 1. The van der Waals surface area contributed by atoms with Gasteiger partial charge in [0.25, 0.3) is 5.91 Å². The van der Waals surface area contributed by atoms with Gasteiger partial charge in [-0.05, 0) is 24.5 Å². The predicted molar refractivity (Wildman–Crippen MR) is 86.1 cm³/mol. The molecule has 114 valence electrons. The number of nitrogens with zero attached hydrogens (tertiary/aromatic N) is 3. The molecule has 22 heavy (non-hydrogen) atoms. The lowest BCUT2D eigenvalue weighted by Gasteiger charge is -2.15. The Morgan fingerprint density at radius 2 is 1.95 bits per heavy atom. The maximum Gasteiger partial charge on any atom is 0.271 e. The highest BCUT2D eigenvalue weighted by Crippen LogP contribution is 2.17. The summed E-state index contributed by atoms with van der Waals surface area (Å²) in [6.45, 7) is 2.38. The number of halogens is 1. The monoisotopic (exact) mass is 316 g/mol. The molecule has 1 aromatic heterocycles. The van der Waals surface area contributed by atoms with Crippen LogP contribution in [0.3, 0.4) is 0 Å². The van der Waals surface area contributed by atoms with Gasteiger partial charge in [0, 0.05) is 24.7 Å². The molecule has 2 heterocycles. The maximum absolute atomic E-state index is 12.1. The van der Waals surface area contributed by atoms with Crippen molar-refractivity contribution in [3.8, 4) is 0 Å². The molecule has 0 spiro atoms. The average Bonchev–Trinajstić information content (AvgIpc) is 3.08. The number of hydrogen-bond donors (Lipinski definition) is 1. The molecule has 0 aliphatic carbocycles. The molecule has 1 amide bonds. The van der Waals surface area contributed by atoms with Gasteiger partial charge in [0.05, 0.1) is 12.4 Å². The highest BCUT2D eigenvalue weighted by atomic mass is 35.5. The number of benzene rings is 1. The second-order valence-electron chi connectivity index (χ2n) is 5.23. The highest BCUT2D eigenvalue weighted by molar-refractivity contribution is 6.31. The molecule has 0 atom stereocenters. The number of anilines is 1. The minimum atomic E-state index is -0.250. The van der Waals surface area contributed by atoms with Crippen molar-refractivity contribution in [1.29, 1.82) is 0 Å². The van der Waals surface area contributed by atoms with E-state index in [1.807, 2.05) is 18.2 Å². The van der Waals surface area contributed by atoms with Crippen LogP contribution in [0, 0.1) is 0 Å². The van der Waals surface area contributed by atoms with Crippen LogP contribution >= 0.6 is 11.6 Å². The molecule has 0 radical (unpaired) electrons. The van der Waals surface area contributed by atoms with Crippen LogP contribution in [0.4, 0.5) is 5.82 Å². The lowest BCUT2D eigenvalue weighted by Crippen LogP contribution is -2.25. The van der Waals surface area contributed by atoms with Gasteiger partial charge in [0.1, 0.15) is 11.5 Å². The third kappa shape index (κ3) is 3.36. The highest BCUT2D eigenvalue weighted by Gasteiger charge is 2.15. The van der Waals surface area contributed by atoms with Gasteiger partial charge in [-0.1, -0.05) is 29.8 Å². The molecule has 1 N–H and O–H groups in total. The van der Waals surface area contributed by atoms with Crippen molar-refractivity contribution in [2.45, 2.75) is 19.4 Å². The van der Waals surface area contributed by atoms with Gasteiger partial charge < -0.3 is 10.2 Å². The minimum absolute atomic E-state index is 0.250. The maximum atomic E-state index is 12.1. The first kappa shape index (κ1) is 14.8. The summed E-state index contributed by atoms with van der Waals surface area (Å²) < 4.78 is 0. The van der Waals surface area contributed by atoms with E-state index in [4.69, 9.17) is 11.6 Å². The van der Waals surface area contributed by atoms with Crippen molar-refractivity contribution < 1.29 is 4.79 Å². The first-order valence-corrected chi connectivity index (χ1v) is 7.70. The van der Waals surface area contributed by atoms with E-state index in [9.17, 15) is 4.79 Å². The molecular formula is C16H17ClN4O. The van der Waals surface area contributed by atoms with Crippen molar-refractivity contribution in [3.05, 3.63) is 52.9 Å². The van der Waals surface area contributed by atoms with Crippen LogP contribution in [0.2, 0.25) is 5.02 Å². The van der Waals surface area contributed by atoms with E-state index in [0.717, 1.165) is 24.5 Å². The molecule has 0 unspecified atom stereocenters. The molecule has 6 heteroatoms. The van der Waals surface area contributed by atoms with Gasteiger partial charge in [-0.15, -0.1) is 0 Å². The Balaban J connectivity index is 1.61. The minimum Gasteiger partial charge on any atom is -0.355 e. The Morgan fingerprint density at radius 1 is 1.18 bits per heavy atom. The smallest absolute Gasteiger partial charge is 0.271 e. The first-order chi connectivity index (χ1) is 10.7. The van der Waals surface area contributed by atoms with Crippen molar-refractivity contribution in [1.82, 2.24) is 15.3 Å². The summed E-state index contributed by atoms with van der Waals surface area (Å²) in [5.74, 6) is 0.584. The predicted octanol–water partition coefficient (Wildman–Crippen LogP) is 2.66. The molecular weight excluding hydrogens is 300 g/mol. The molecule has 5 nitrogen and oxygen atoms in total. The fraction of sp³-hybridized carbons (Fsp3) is 0.312. The molecule has 3 rings (SSSR count). The van der Waals surface area contributed by atoms with E-state index in [-0.39, 0.29) is 5.91 Å². The Kier molecular flexibility index (Phi) is 4.53. The molecule has 1 fully saturated rings. The van der Waals surface area contributed by atoms with Gasteiger partial charge in [0.15, 0.2) is 0 Å². The summed E-state index contributed by atoms with van der Waals surface area (Å²) in [5.41, 5.74) is 1.19. The number of rotatable bonds is 4. The largest absolute Gasteiger partial charge is 0.355 e.